The smallest absolute Gasteiger partial charge is 0.264 e. The number of anilines is 1. The number of ether oxygens (including phenoxy) is 1. The van der Waals surface area contributed by atoms with Crippen molar-refractivity contribution in [2.24, 2.45) is 0 Å². The van der Waals surface area contributed by atoms with Gasteiger partial charge < -0.3 is 9.64 Å². The number of carbonyl (C=O) groups excluding carboxylic acids is 1. The van der Waals surface area contributed by atoms with E-state index in [1.807, 2.05) is 4.90 Å². The number of methoxy groups -OCH3 is 1. The van der Waals surface area contributed by atoms with Crippen molar-refractivity contribution >= 4 is 33.2 Å². The number of halogens is 1. The Kier molecular flexibility index (Phi) is 6.93. The molecule has 2 aromatic carbocycles. The number of hydrogen-bond acceptors (Lipinski definition) is 4. The summed E-state index contributed by atoms with van der Waals surface area (Å²) in [4.78, 5) is 15.1. The Labute approximate surface area is 183 Å². The van der Waals surface area contributed by atoms with Gasteiger partial charge in [0.05, 0.1) is 28.3 Å². The van der Waals surface area contributed by atoms with Crippen LogP contribution in [-0.2, 0) is 10.0 Å². The van der Waals surface area contributed by atoms with Crippen molar-refractivity contribution in [2.45, 2.75) is 43.5 Å². The minimum absolute atomic E-state index is 0.0265. The normalized spacial score (nSPS) is 16.9. The van der Waals surface area contributed by atoms with E-state index in [2.05, 4.69) is 6.92 Å². The number of sulfonamides is 1. The molecule has 0 spiro atoms. The molecule has 30 heavy (non-hydrogen) atoms. The van der Waals surface area contributed by atoms with Crippen molar-refractivity contribution in [3.8, 4) is 5.75 Å². The molecule has 8 heteroatoms. The number of carbonyl (C=O) groups is 1. The summed E-state index contributed by atoms with van der Waals surface area (Å²) in [5.41, 5.74) is 0.710. The minimum Gasteiger partial charge on any atom is -0.497 e. The van der Waals surface area contributed by atoms with Gasteiger partial charge in [-0.15, -0.1) is 0 Å². The Hall–Kier alpha value is -2.25. The monoisotopic (exact) mass is 450 g/mol. The molecule has 3 rings (SSSR count). The van der Waals surface area contributed by atoms with Gasteiger partial charge in [0.2, 0.25) is 0 Å². The first kappa shape index (κ1) is 22.4. The zero-order valence-corrected chi connectivity index (χ0v) is 19.0. The zero-order chi connectivity index (χ0) is 21.9. The van der Waals surface area contributed by atoms with E-state index >= 15 is 0 Å². The summed E-state index contributed by atoms with van der Waals surface area (Å²) in [5.74, 6) is 0.423. The predicted octanol–water partition coefficient (Wildman–Crippen LogP) is 4.58. The zero-order valence-electron chi connectivity index (χ0n) is 17.5. The molecule has 0 aliphatic carbocycles. The maximum Gasteiger partial charge on any atom is 0.264 e. The van der Waals surface area contributed by atoms with Gasteiger partial charge in [-0.2, -0.15) is 0 Å². The highest BCUT2D eigenvalue weighted by atomic mass is 35.5. The van der Waals surface area contributed by atoms with Crippen LogP contribution in [0.1, 0.15) is 43.0 Å². The maximum absolute atomic E-state index is 13.2. The van der Waals surface area contributed by atoms with Gasteiger partial charge in [0.15, 0.2) is 0 Å². The van der Waals surface area contributed by atoms with Crippen LogP contribution in [0.25, 0.3) is 0 Å². The largest absolute Gasteiger partial charge is 0.497 e. The molecule has 1 atom stereocenters. The summed E-state index contributed by atoms with van der Waals surface area (Å²) in [7, 11) is -0.845. The number of amides is 1. The van der Waals surface area contributed by atoms with Crippen LogP contribution in [0.4, 0.5) is 5.69 Å². The van der Waals surface area contributed by atoms with E-state index in [4.69, 9.17) is 16.3 Å². The van der Waals surface area contributed by atoms with E-state index < -0.39 is 10.0 Å². The fraction of sp³-hybridized carbons (Fsp3) is 0.409. The van der Waals surface area contributed by atoms with Crippen molar-refractivity contribution in [3.05, 3.63) is 53.1 Å². The molecule has 0 saturated carbocycles. The molecule has 0 aromatic heterocycles. The molecule has 1 unspecified atom stereocenters. The number of rotatable bonds is 6. The van der Waals surface area contributed by atoms with E-state index in [9.17, 15) is 13.2 Å². The second-order valence-electron chi connectivity index (χ2n) is 7.37. The van der Waals surface area contributed by atoms with Crippen molar-refractivity contribution in [1.82, 2.24) is 4.90 Å². The molecule has 0 radical (unpaired) electrons. The molecule has 6 nitrogen and oxygen atoms in total. The van der Waals surface area contributed by atoms with Gasteiger partial charge in [-0.1, -0.05) is 18.5 Å². The third-order valence-corrected chi connectivity index (χ3v) is 7.73. The number of likely N-dealkylation sites (tertiary alicyclic amines) is 1. The molecular formula is C22H27ClN2O4S. The Bertz CT molecular complexity index is 1010. The fourth-order valence-electron chi connectivity index (χ4n) is 3.76. The first-order chi connectivity index (χ1) is 14.3. The molecule has 2 aromatic rings. The molecule has 1 fully saturated rings. The van der Waals surface area contributed by atoms with Crippen LogP contribution < -0.4 is 9.04 Å². The molecule has 0 N–H and O–H groups in total. The van der Waals surface area contributed by atoms with Crippen molar-refractivity contribution < 1.29 is 17.9 Å². The van der Waals surface area contributed by atoms with Crippen molar-refractivity contribution in [1.29, 1.82) is 0 Å². The lowest BCUT2D eigenvalue weighted by molar-refractivity contribution is 0.0608. The average molecular weight is 451 g/mol. The van der Waals surface area contributed by atoms with E-state index in [1.165, 1.54) is 29.6 Å². The lowest BCUT2D eigenvalue weighted by Gasteiger charge is -2.35. The minimum atomic E-state index is -3.87. The Morgan fingerprint density at radius 3 is 2.53 bits per heavy atom. The predicted molar refractivity (Wildman–Crippen MR) is 119 cm³/mol. The van der Waals surface area contributed by atoms with Crippen LogP contribution in [0.3, 0.4) is 0 Å². The first-order valence-corrected chi connectivity index (χ1v) is 11.8. The van der Waals surface area contributed by atoms with Gasteiger partial charge in [0, 0.05) is 19.6 Å². The highest BCUT2D eigenvalue weighted by Crippen LogP contribution is 2.29. The Morgan fingerprint density at radius 2 is 1.90 bits per heavy atom. The van der Waals surface area contributed by atoms with Crippen LogP contribution in [0.2, 0.25) is 5.02 Å². The van der Waals surface area contributed by atoms with E-state index in [1.54, 1.807) is 31.4 Å². The first-order valence-electron chi connectivity index (χ1n) is 10.0. The Morgan fingerprint density at radius 1 is 1.20 bits per heavy atom. The highest BCUT2D eigenvalue weighted by molar-refractivity contribution is 7.92. The van der Waals surface area contributed by atoms with Gasteiger partial charge in [0.1, 0.15) is 5.75 Å². The maximum atomic E-state index is 13.2. The Balaban J connectivity index is 1.93. The van der Waals surface area contributed by atoms with Crippen LogP contribution in [0.15, 0.2) is 47.4 Å². The van der Waals surface area contributed by atoms with Crippen LogP contribution in [0, 0.1) is 0 Å². The number of nitrogens with zero attached hydrogens (tertiary/aromatic N) is 2. The molecular weight excluding hydrogens is 424 g/mol. The number of hydrogen-bond donors (Lipinski definition) is 0. The van der Waals surface area contributed by atoms with Crippen LogP contribution in [-0.4, -0.2) is 46.0 Å². The number of benzene rings is 2. The van der Waals surface area contributed by atoms with E-state index in [-0.39, 0.29) is 27.4 Å². The molecule has 162 valence electrons. The standard InChI is InChI=1S/C22H27ClN2O4S/c1-4-16-7-5-6-14-25(16)22(26)20-15-19(12-13-21(20)23)30(27,28)24(2)17-8-10-18(29-3)11-9-17/h8-13,15-16H,4-7,14H2,1-3H3. The van der Waals surface area contributed by atoms with Crippen molar-refractivity contribution in [2.75, 3.05) is 25.0 Å². The lowest BCUT2D eigenvalue weighted by atomic mass is 9.99. The molecule has 1 aliphatic rings. The lowest BCUT2D eigenvalue weighted by Crippen LogP contribution is -2.43. The highest BCUT2D eigenvalue weighted by Gasteiger charge is 2.29. The second kappa shape index (κ2) is 9.27. The van der Waals surface area contributed by atoms with Gasteiger partial charge >= 0.3 is 0 Å². The van der Waals surface area contributed by atoms with E-state index in [0.717, 1.165) is 25.7 Å². The molecule has 0 bridgehead atoms. The average Bonchev–Trinajstić information content (AvgIpc) is 2.78. The molecule has 1 heterocycles. The van der Waals surface area contributed by atoms with Gasteiger partial charge in [0.25, 0.3) is 15.9 Å². The van der Waals surface area contributed by atoms with Crippen LogP contribution >= 0.6 is 11.6 Å². The summed E-state index contributed by atoms with van der Waals surface area (Å²) in [6.45, 7) is 2.72. The number of piperidine rings is 1. The van der Waals surface area contributed by atoms with E-state index in [0.29, 0.717) is 18.0 Å². The summed E-state index contributed by atoms with van der Waals surface area (Å²) in [5, 5.41) is 0.256. The second-order valence-corrected chi connectivity index (χ2v) is 9.75. The summed E-state index contributed by atoms with van der Waals surface area (Å²) in [6.07, 6.45) is 3.86. The summed E-state index contributed by atoms with van der Waals surface area (Å²) < 4.78 is 32.7. The fourth-order valence-corrected chi connectivity index (χ4v) is 5.19. The third-order valence-electron chi connectivity index (χ3n) is 5.62. The quantitative estimate of drug-likeness (QED) is 0.646. The summed E-state index contributed by atoms with van der Waals surface area (Å²) >= 11 is 6.31. The topological polar surface area (TPSA) is 66.9 Å². The third kappa shape index (κ3) is 4.42. The van der Waals surface area contributed by atoms with Gasteiger partial charge in [-0.05, 0) is 68.1 Å². The summed E-state index contributed by atoms with van der Waals surface area (Å²) in [6, 6.07) is 11.2. The SMILES string of the molecule is CCC1CCCCN1C(=O)c1cc(S(=O)(=O)N(C)c2ccc(OC)cc2)ccc1Cl. The molecule has 1 aliphatic heterocycles. The van der Waals surface area contributed by atoms with Crippen molar-refractivity contribution in [3.63, 3.8) is 0 Å². The molecule has 1 saturated heterocycles. The molecule has 1 amide bonds. The van der Waals surface area contributed by atoms with Gasteiger partial charge in [-0.3, -0.25) is 9.10 Å². The van der Waals surface area contributed by atoms with Crippen LogP contribution in [0.5, 0.6) is 5.75 Å². The van der Waals surface area contributed by atoms with Gasteiger partial charge in [-0.25, -0.2) is 8.42 Å².